The molecule has 0 bridgehead atoms. The number of nitrogens with zero attached hydrogens (tertiary/aromatic N) is 4. The quantitative estimate of drug-likeness (QED) is 0.441. The minimum Gasteiger partial charge on any atom is -0.438 e. The summed E-state index contributed by atoms with van der Waals surface area (Å²) in [5, 5.41) is 3.89. The highest BCUT2D eigenvalue weighted by Gasteiger charge is 2.23. The van der Waals surface area contributed by atoms with Crippen molar-refractivity contribution >= 4 is 33.1 Å². The number of fused-ring (bicyclic) bond motifs is 3. The first-order chi connectivity index (χ1) is 15.6. The number of thiophene rings is 1. The summed E-state index contributed by atoms with van der Waals surface area (Å²) in [6.45, 7) is 3.73. The molecule has 0 spiro atoms. The molecule has 0 aliphatic heterocycles. The van der Waals surface area contributed by atoms with Gasteiger partial charge in [0.15, 0.2) is 5.82 Å². The molecular formula is C24H23N5O2S. The molecule has 5 rings (SSSR count). The second-order valence-corrected chi connectivity index (χ2v) is 9.19. The minimum absolute atomic E-state index is 0.0188. The Morgan fingerprint density at radius 1 is 1.09 bits per heavy atom. The first kappa shape index (κ1) is 20.5. The average Bonchev–Trinajstić information content (AvgIpc) is 3.19. The van der Waals surface area contributed by atoms with Gasteiger partial charge < -0.3 is 10.1 Å². The molecule has 7 nitrogen and oxygen atoms in total. The Morgan fingerprint density at radius 2 is 1.91 bits per heavy atom. The van der Waals surface area contributed by atoms with E-state index in [1.165, 1.54) is 16.9 Å². The Morgan fingerprint density at radius 3 is 2.66 bits per heavy atom. The molecule has 0 fully saturated rings. The first-order valence-electron chi connectivity index (χ1n) is 10.8. The standard InChI is InChI=1S/C24H23N5O2S/c1-14(2)22(30)27-15-7-9-16(10-8-15)31-23-20-17-5-3-4-6-19(17)32-24(20)29-21(28-23)18-13-25-11-12-26-18/h7-14H,3-6H2,1-2H3,(H,27,30). The Kier molecular flexibility index (Phi) is 5.53. The van der Waals surface area contributed by atoms with Crippen molar-refractivity contribution in [2.24, 2.45) is 5.92 Å². The number of hydrogen-bond donors (Lipinski definition) is 1. The highest BCUT2D eigenvalue weighted by Crippen LogP contribution is 2.41. The number of rotatable bonds is 5. The zero-order chi connectivity index (χ0) is 22.1. The maximum atomic E-state index is 11.9. The van der Waals surface area contributed by atoms with Crippen LogP contribution in [-0.4, -0.2) is 25.8 Å². The smallest absolute Gasteiger partial charge is 0.231 e. The maximum Gasteiger partial charge on any atom is 0.231 e. The maximum absolute atomic E-state index is 11.9. The number of aryl methyl sites for hydroxylation is 2. The van der Waals surface area contributed by atoms with E-state index in [4.69, 9.17) is 14.7 Å². The van der Waals surface area contributed by atoms with E-state index in [0.29, 0.717) is 23.1 Å². The second kappa shape index (κ2) is 8.63. The summed E-state index contributed by atoms with van der Waals surface area (Å²) in [5.74, 6) is 1.58. The fourth-order valence-electron chi connectivity index (χ4n) is 3.73. The molecule has 0 atom stereocenters. The molecule has 8 heteroatoms. The van der Waals surface area contributed by atoms with Gasteiger partial charge in [0, 0.05) is 28.9 Å². The van der Waals surface area contributed by atoms with Crippen LogP contribution in [0.15, 0.2) is 42.9 Å². The van der Waals surface area contributed by atoms with Crippen LogP contribution in [0, 0.1) is 5.92 Å². The Labute approximate surface area is 189 Å². The van der Waals surface area contributed by atoms with E-state index < -0.39 is 0 Å². The summed E-state index contributed by atoms with van der Waals surface area (Å²) in [5.41, 5.74) is 2.65. The topological polar surface area (TPSA) is 89.9 Å². The van der Waals surface area contributed by atoms with E-state index in [2.05, 4.69) is 15.3 Å². The number of carbonyl (C=O) groups excluding carboxylic acids is 1. The predicted octanol–water partition coefficient (Wildman–Crippen LogP) is 5.41. The predicted molar refractivity (Wildman–Crippen MR) is 125 cm³/mol. The molecule has 0 radical (unpaired) electrons. The van der Waals surface area contributed by atoms with Crippen LogP contribution in [0.2, 0.25) is 0 Å². The van der Waals surface area contributed by atoms with Crippen LogP contribution in [0.25, 0.3) is 21.7 Å². The number of ether oxygens (including phenoxy) is 1. The van der Waals surface area contributed by atoms with E-state index >= 15 is 0 Å². The van der Waals surface area contributed by atoms with Gasteiger partial charge in [-0.3, -0.25) is 9.78 Å². The Hall–Kier alpha value is -3.39. The van der Waals surface area contributed by atoms with Crippen LogP contribution in [0.3, 0.4) is 0 Å². The monoisotopic (exact) mass is 445 g/mol. The van der Waals surface area contributed by atoms with Gasteiger partial charge in [-0.15, -0.1) is 11.3 Å². The zero-order valence-corrected chi connectivity index (χ0v) is 18.8. The van der Waals surface area contributed by atoms with Crippen molar-refractivity contribution in [3.63, 3.8) is 0 Å². The molecule has 0 unspecified atom stereocenters. The zero-order valence-electron chi connectivity index (χ0n) is 18.0. The Balaban J connectivity index is 1.53. The first-order valence-corrected chi connectivity index (χ1v) is 11.6. The summed E-state index contributed by atoms with van der Waals surface area (Å²) in [4.78, 5) is 32.3. The van der Waals surface area contributed by atoms with Crippen molar-refractivity contribution < 1.29 is 9.53 Å². The van der Waals surface area contributed by atoms with E-state index in [0.717, 1.165) is 35.2 Å². The highest BCUT2D eigenvalue weighted by atomic mass is 32.1. The van der Waals surface area contributed by atoms with Crippen molar-refractivity contribution in [1.82, 2.24) is 19.9 Å². The van der Waals surface area contributed by atoms with Gasteiger partial charge in [-0.1, -0.05) is 13.8 Å². The van der Waals surface area contributed by atoms with E-state index in [-0.39, 0.29) is 11.8 Å². The lowest BCUT2D eigenvalue weighted by atomic mass is 9.97. The van der Waals surface area contributed by atoms with Crippen LogP contribution in [0.4, 0.5) is 5.69 Å². The van der Waals surface area contributed by atoms with E-state index in [1.807, 2.05) is 38.1 Å². The number of aromatic nitrogens is 4. The number of carbonyl (C=O) groups is 1. The number of amides is 1. The van der Waals surface area contributed by atoms with Gasteiger partial charge in [0.25, 0.3) is 0 Å². The van der Waals surface area contributed by atoms with Crippen LogP contribution in [0.5, 0.6) is 11.6 Å². The molecule has 32 heavy (non-hydrogen) atoms. The van der Waals surface area contributed by atoms with Gasteiger partial charge in [-0.05, 0) is 55.5 Å². The third-order valence-corrected chi connectivity index (χ3v) is 6.62. The van der Waals surface area contributed by atoms with Gasteiger partial charge in [0.1, 0.15) is 16.3 Å². The van der Waals surface area contributed by atoms with Crippen molar-refractivity contribution in [1.29, 1.82) is 0 Å². The third kappa shape index (κ3) is 4.05. The van der Waals surface area contributed by atoms with Crippen molar-refractivity contribution in [2.45, 2.75) is 39.5 Å². The van der Waals surface area contributed by atoms with E-state index in [9.17, 15) is 4.79 Å². The Bertz CT molecular complexity index is 1270. The van der Waals surface area contributed by atoms with E-state index in [1.54, 1.807) is 29.9 Å². The van der Waals surface area contributed by atoms with Crippen LogP contribution in [-0.2, 0) is 17.6 Å². The minimum atomic E-state index is -0.0792. The molecule has 1 aliphatic rings. The van der Waals surface area contributed by atoms with Crippen LogP contribution in [0.1, 0.15) is 37.1 Å². The summed E-state index contributed by atoms with van der Waals surface area (Å²) >= 11 is 1.72. The largest absolute Gasteiger partial charge is 0.438 e. The fraction of sp³-hybridized carbons (Fsp3) is 0.292. The number of hydrogen-bond acceptors (Lipinski definition) is 7. The number of nitrogens with one attached hydrogen (secondary N) is 1. The van der Waals surface area contributed by atoms with Crippen molar-refractivity contribution in [3.8, 4) is 23.1 Å². The lowest BCUT2D eigenvalue weighted by Crippen LogP contribution is -2.17. The summed E-state index contributed by atoms with van der Waals surface area (Å²) in [6.07, 6.45) is 9.36. The molecule has 0 saturated heterocycles. The SMILES string of the molecule is CC(C)C(=O)Nc1ccc(Oc2nc(-c3cnccn3)nc3sc4c(c23)CCCC4)cc1. The lowest BCUT2D eigenvalue weighted by molar-refractivity contribution is -0.118. The molecule has 3 heterocycles. The fourth-order valence-corrected chi connectivity index (χ4v) is 4.98. The van der Waals surface area contributed by atoms with Gasteiger partial charge in [0.05, 0.1) is 11.6 Å². The molecule has 3 aromatic heterocycles. The molecule has 1 aromatic carbocycles. The second-order valence-electron chi connectivity index (χ2n) is 8.10. The van der Waals surface area contributed by atoms with Gasteiger partial charge in [0.2, 0.25) is 11.8 Å². The molecule has 162 valence electrons. The number of anilines is 1. The molecule has 0 saturated carbocycles. The van der Waals surface area contributed by atoms with Crippen molar-refractivity contribution in [3.05, 3.63) is 53.3 Å². The lowest BCUT2D eigenvalue weighted by Gasteiger charge is -2.13. The molecular weight excluding hydrogens is 422 g/mol. The number of benzene rings is 1. The summed E-state index contributed by atoms with van der Waals surface area (Å²) < 4.78 is 6.28. The molecule has 1 N–H and O–H groups in total. The van der Waals surface area contributed by atoms with Gasteiger partial charge in [-0.25, -0.2) is 9.97 Å². The highest BCUT2D eigenvalue weighted by molar-refractivity contribution is 7.18. The average molecular weight is 446 g/mol. The van der Waals surface area contributed by atoms with Crippen LogP contribution >= 0.6 is 11.3 Å². The molecule has 1 aliphatic carbocycles. The summed E-state index contributed by atoms with van der Waals surface area (Å²) in [7, 11) is 0. The van der Waals surface area contributed by atoms with Crippen molar-refractivity contribution in [2.75, 3.05) is 5.32 Å². The normalized spacial score (nSPS) is 13.2. The van der Waals surface area contributed by atoms with Gasteiger partial charge in [-0.2, -0.15) is 4.98 Å². The van der Waals surface area contributed by atoms with Gasteiger partial charge >= 0.3 is 0 Å². The third-order valence-electron chi connectivity index (χ3n) is 5.43. The summed E-state index contributed by atoms with van der Waals surface area (Å²) in [6, 6.07) is 7.34. The molecule has 4 aromatic rings. The molecule has 1 amide bonds. The van der Waals surface area contributed by atoms with Crippen LogP contribution < -0.4 is 10.1 Å².